The van der Waals surface area contributed by atoms with Crippen LogP contribution in [0.25, 0.3) is 0 Å². The number of fused-ring (bicyclic) bond motifs is 1. The monoisotopic (exact) mass is 246 g/mol. The molecule has 1 unspecified atom stereocenters. The van der Waals surface area contributed by atoms with Crippen molar-refractivity contribution >= 4 is 5.91 Å². The first-order chi connectivity index (χ1) is 8.83. The zero-order chi connectivity index (χ0) is 12.4. The van der Waals surface area contributed by atoms with Crippen LogP contribution in [0.2, 0.25) is 0 Å². The number of aromatic nitrogens is 4. The molecule has 2 aromatic rings. The number of rotatable bonds is 3. The first-order valence-corrected chi connectivity index (χ1v) is 5.83. The highest BCUT2D eigenvalue weighted by atomic mass is 16.2. The number of nitrogens with one attached hydrogen (secondary N) is 4. The lowest BCUT2D eigenvalue weighted by atomic mass is 10.0. The lowest BCUT2D eigenvalue weighted by molar-refractivity contribution is -0.123. The summed E-state index contributed by atoms with van der Waals surface area (Å²) in [5.41, 5.74) is 2.99. The van der Waals surface area contributed by atoms with Gasteiger partial charge in [-0.15, -0.1) is 0 Å². The number of hydrogen-bond acceptors (Lipinski definition) is 4. The van der Waals surface area contributed by atoms with E-state index in [1.807, 2.05) is 0 Å². The van der Waals surface area contributed by atoms with Crippen LogP contribution in [-0.4, -0.2) is 32.1 Å². The minimum Gasteiger partial charge on any atom is -0.351 e. The zero-order valence-corrected chi connectivity index (χ0v) is 9.73. The lowest BCUT2D eigenvalue weighted by Crippen LogP contribution is -2.47. The standard InChI is InChI=1S/C11H14N6O/c18-11(13-2-7-3-16-17-4-7)9-1-8-10(5-12-9)15-6-14-8/h3-4,6,9,12H,1-2,5H2,(H,13,18)(H,14,15)(H,16,17). The smallest absolute Gasteiger partial charge is 0.237 e. The van der Waals surface area contributed by atoms with Crippen LogP contribution in [0.1, 0.15) is 17.0 Å². The molecular weight excluding hydrogens is 232 g/mol. The Morgan fingerprint density at radius 2 is 2.50 bits per heavy atom. The van der Waals surface area contributed by atoms with Gasteiger partial charge in [0.1, 0.15) is 0 Å². The molecule has 7 nitrogen and oxygen atoms in total. The average molecular weight is 246 g/mol. The summed E-state index contributed by atoms with van der Waals surface area (Å²) in [6.07, 6.45) is 5.74. The van der Waals surface area contributed by atoms with Crippen molar-refractivity contribution in [3.05, 3.63) is 35.7 Å². The number of imidazole rings is 1. The van der Waals surface area contributed by atoms with Gasteiger partial charge in [0.2, 0.25) is 5.91 Å². The van der Waals surface area contributed by atoms with E-state index in [0.717, 1.165) is 17.0 Å². The molecule has 1 atom stereocenters. The maximum Gasteiger partial charge on any atom is 0.237 e. The summed E-state index contributed by atoms with van der Waals surface area (Å²) in [7, 11) is 0. The molecule has 18 heavy (non-hydrogen) atoms. The zero-order valence-electron chi connectivity index (χ0n) is 9.73. The molecule has 94 valence electrons. The Morgan fingerprint density at radius 1 is 1.56 bits per heavy atom. The Hall–Kier alpha value is -2.15. The van der Waals surface area contributed by atoms with Crippen LogP contribution in [0.3, 0.4) is 0 Å². The third-order valence-corrected chi connectivity index (χ3v) is 3.07. The topological polar surface area (TPSA) is 98.5 Å². The van der Waals surface area contributed by atoms with E-state index in [-0.39, 0.29) is 11.9 Å². The Kier molecular flexibility index (Phi) is 2.81. The van der Waals surface area contributed by atoms with Crippen molar-refractivity contribution in [3.63, 3.8) is 0 Å². The largest absolute Gasteiger partial charge is 0.351 e. The summed E-state index contributed by atoms with van der Waals surface area (Å²) in [6, 6.07) is -0.215. The maximum absolute atomic E-state index is 12.0. The van der Waals surface area contributed by atoms with Gasteiger partial charge < -0.3 is 10.3 Å². The summed E-state index contributed by atoms with van der Waals surface area (Å²) in [5.74, 6) is -0.00940. The van der Waals surface area contributed by atoms with Crippen molar-refractivity contribution < 1.29 is 4.79 Å². The van der Waals surface area contributed by atoms with E-state index in [1.54, 1.807) is 18.7 Å². The van der Waals surface area contributed by atoms with Crippen molar-refractivity contribution in [2.45, 2.75) is 25.6 Å². The quantitative estimate of drug-likeness (QED) is 0.584. The second-order valence-electron chi connectivity index (χ2n) is 4.29. The molecule has 2 aromatic heterocycles. The van der Waals surface area contributed by atoms with E-state index in [4.69, 9.17) is 0 Å². The van der Waals surface area contributed by atoms with E-state index in [1.165, 1.54) is 0 Å². The summed E-state index contributed by atoms with van der Waals surface area (Å²) in [5, 5.41) is 12.6. The molecule has 3 rings (SSSR count). The van der Waals surface area contributed by atoms with Gasteiger partial charge >= 0.3 is 0 Å². The van der Waals surface area contributed by atoms with Crippen LogP contribution >= 0.6 is 0 Å². The highest BCUT2D eigenvalue weighted by Gasteiger charge is 2.25. The third-order valence-electron chi connectivity index (χ3n) is 3.07. The summed E-state index contributed by atoms with van der Waals surface area (Å²) in [6.45, 7) is 1.14. The first kappa shape index (κ1) is 11.0. The van der Waals surface area contributed by atoms with E-state index in [0.29, 0.717) is 19.5 Å². The van der Waals surface area contributed by atoms with E-state index in [2.05, 4.69) is 30.8 Å². The second-order valence-corrected chi connectivity index (χ2v) is 4.29. The van der Waals surface area contributed by atoms with Gasteiger partial charge in [0.05, 0.1) is 30.0 Å². The van der Waals surface area contributed by atoms with Gasteiger partial charge in [-0.05, 0) is 0 Å². The van der Waals surface area contributed by atoms with Gasteiger partial charge in [0, 0.05) is 31.3 Å². The lowest BCUT2D eigenvalue weighted by Gasteiger charge is -2.22. The van der Waals surface area contributed by atoms with Gasteiger partial charge in [-0.2, -0.15) is 5.10 Å². The predicted molar refractivity (Wildman–Crippen MR) is 63.4 cm³/mol. The number of carbonyl (C=O) groups is 1. The van der Waals surface area contributed by atoms with E-state index < -0.39 is 0 Å². The molecule has 0 bridgehead atoms. The molecule has 0 radical (unpaired) electrons. The fourth-order valence-electron chi connectivity index (χ4n) is 2.04. The summed E-state index contributed by atoms with van der Waals surface area (Å²) >= 11 is 0. The molecule has 0 saturated carbocycles. The minimum atomic E-state index is -0.215. The Morgan fingerprint density at radius 3 is 3.33 bits per heavy atom. The number of H-pyrrole nitrogens is 2. The van der Waals surface area contributed by atoms with Crippen LogP contribution in [0.4, 0.5) is 0 Å². The second kappa shape index (κ2) is 4.61. The number of nitrogens with zero attached hydrogens (tertiary/aromatic N) is 2. The number of amides is 1. The van der Waals surface area contributed by atoms with Crippen molar-refractivity contribution in [1.29, 1.82) is 0 Å². The molecular formula is C11H14N6O. The van der Waals surface area contributed by atoms with Gasteiger partial charge in [0.25, 0.3) is 0 Å². The highest BCUT2D eigenvalue weighted by Crippen LogP contribution is 2.12. The molecule has 4 N–H and O–H groups in total. The van der Waals surface area contributed by atoms with Crippen LogP contribution in [-0.2, 0) is 24.3 Å². The van der Waals surface area contributed by atoms with Crippen molar-refractivity contribution in [3.8, 4) is 0 Å². The molecule has 0 saturated heterocycles. The molecule has 1 amide bonds. The third kappa shape index (κ3) is 2.12. The van der Waals surface area contributed by atoms with Gasteiger partial charge in [-0.1, -0.05) is 0 Å². The number of hydrogen-bond donors (Lipinski definition) is 4. The van der Waals surface area contributed by atoms with Crippen LogP contribution in [0.15, 0.2) is 18.7 Å². The molecule has 7 heteroatoms. The molecule has 1 aliphatic rings. The van der Waals surface area contributed by atoms with Crippen molar-refractivity contribution in [2.24, 2.45) is 0 Å². The number of aromatic amines is 2. The van der Waals surface area contributed by atoms with E-state index >= 15 is 0 Å². The van der Waals surface area contributed by atoms with Crippen LogP contribution in [0, 0.1) is 0 Å². The summed E-state index contributed by atoms with van der Waals surface area (Å²) < 4.78 is 0. The maximum atomic E-state index is 12.0. The Balaban J connectivity index is 1.57. The molecule has 0 fully saturated rings. The molecule has 0 aromatic carbocycles. The fraction of sp³-hybridized carbons (Fsp3) is 0.364. The molecule has 1 aliphatic heterocycles. The van der Waals surface area contributed by atoms with Crippen molar-refractivity contribution in [1.82, 2.24) is 30.8 Å². The molecule has 0 spiro atoms. The van der Waals surface area contributed by atoms with Crippen LogP contribution in [0.5, 0.6) is 0 Å². The van der Waals surface area contributed by atoms with E-state index in [9.17, 15) is 4.79 Å². The van der Waals surface area contributed by atoms with Crippen LogP contribution < -0.4 is 10.6 Å². The number of carbonyl (C=O) groups excluding carboxylic acids is 1. The highest BCUT2D eigenvalue weighted by molar-refractivity contribution is 5.82. The Labute approximate surface area is 103 Å². The predicted octanol–water partition coefficient (Wildman–Crippen LogP) is -0.537. The fourth-order valence-corrected chi connectivity index (χ4v) is 2.04. The normalized spacial score (nSPS) is 18.3. The minimum absolute atomic E-state index is 0.00940. The molecule has 0 aliphatic carbocycles. The van der Waals surface area contributed by atoms with Gasteiger partial charge in [-0.3, -0.25) is 15.2 Å². The average Bonchev–Trinajstić information content (AvgIpc) is 3.05. The molecule has 3 heterocycles. The van der Waals surface area contributed by atoms with Gasteiger partial charge in [-0.25, -0.2) is 4.98 Å². The SMILES string of the molecule is O=C(NCc1cn[nH]c1)C1Cc2nc[nH]c2CN1. The van der Waals surface area contributed by atoms with Gasteiger partial charge in [0.15, 0.2) is 0 Å². The van der Waals surface area contributed by atoms with Crippen molar-refractivity contribution in [2.75, 3.05) is 0 Å². The first-order valence-electron chi connectivity index (χ1n) is 5.83. The summed E-state index contributed by atoms with van der Waals surface area (Å²) in [4.78, 5) is 19.2. The Bertz CT molecular complexity index is 531.